The van der Waals surface area contributed by atoms with Gasteiger partial charge < -0.3 is 25.3 Å². The number of piperazine rings is 1. The summed E-state index contributed by atoms with van der Waals surface area (Å²) in [6, 6.07) is 16.0. The van der Waals surface area contributed by atoms with Gasteiger partial charge in [0.15, 0.2) is 0 Å². The Hall–Kier alpha value is -3.85. The molecule has 8 nitrogen and oxygen atoms in total. The number of anilines is 3. The number of hydrogen-bond acceptors (Lipinski definition) is 6. The summed E-state index contributed by atoms with van der Waals surface area (Å²) >= 11 is 1.59. The lowest BCUT2D eigenvalue weighted by Gasteiger charge is -2.38. The third kappa shape index (κ3) is 6.95. The second kappa shape index (κ2) is 13.4. The predicted octanol–water partition coefficient (Wildman–Crippen LogP) is 5.50. The second-order valence-electron chi connectivity index (χ2n) is 11.4. The molecular weight excluding hydrogens is 546 g/mol. The topological polar surface area (TPSA) is 85.0 Å². The lowest BCUT2D eigenvalue weighted by molar-refractivity contribution is -0.127. The Balaban J connectivity index is 1.29. The summed E-state index contributed by atoms with van der Waals surface area (Å²) in [6.45, 7) is 11.7. The fourth-order valence-corrected chi connectivity index (χ4v) is 6.55. The van der Waals surface area contributed by atoms with Gasteiger partial charge in [0, 0.05) is 73.7 Å². The minimum Gasteiger partial charge on any atom is -0.368 e. The van der Waals surface area contributed by atoms with Crippen LogP contribution in [0.3, 0.4) is 0 Å². The lowest BCUT2D eigenvalue weighted by Crippen LogP contribution is -2.47. The van der Waals surface area contributed by atoms with Crippen molar-refractivity contribution < 1.29 is 14.4 Å². The minimum absolute atomic E-state index is 0.175. The molecule has 0 spiro atoms. The smallest absolute Gasteiger partial charge is 0.256 e. The molecule has 0 saturated carbocycles. The Morgan fingerprint density at radius 2 is 1.64 bits per heavy atom. The summed E-state index contributed by atoms with van der Waals surface area (Å²) in [4.78, 5) is 46.0. The van der Waals surface area contributed by atoms with Crippen LogP contribution in [0.5, 0.6) is 0 Å². The van der Waals surface area contributed by atoms with Gasteiger partial charge in [-0.3, -0.25) is 14.4 Å². The van der Waals surface area contributed by atoms with E-state index in [0.29, 0.717) is 48.7 Å². The highest BCUT2D eigenvalue weighted by molar-refractivity contribution is 7.10. The Kier molecular flexibility index (Phi) is 9.47. The molecule has 0 radical (unpaired) electrons. The molecule has 2 aliphatic heterocycles. The van der Waals surface area contributed by atoms with Gasteiger partial charge in [-0.15, -0.1) is 11.3 Å². The summed E-state index contributed by atoms with van der Waals surface area (Å²) in [5.74, 6) is 0.188. The minimum atomic E-state index is -0.188. The number of carbonyl (C=O) groups excluding carboxylic acids is 3. The predicted molar refractivity (Wildman–Crippen MR) is 171 cm³/mol. The van der Waals surface area contributed by atoms with Crippen molar-refractivity contribution in [1.29, 1.82) is 0 Å². The van der Waals surface area contributed by atoms with Gasteiger partial charge >= 0.3 is 0 Å². The van der Waals surface area contributed by atoms with Crippen molar-refractivity contribution in [2.24, 2.45) is 0 Å². The standard InChI is InChI=1S/C33H41N5O3S/c1-23(2)30-21-26(22-42-30)33(41)35-27-20-25(32(40)34-13-7-15-38-14-6-10-31(38)39)11-12-29(27)37-18-16-36(17-19-37)28-9-5-4-8-24(28)3/h4-5,8-9,11-12,20-23H,6-7,10,13-19H2,1-3H3,(H,34,40)(H,35,41). The highest BCUT2D eigenvalue weighted by atomic mass is 32.1. The van der Waals surface area contributed by atoms with Gasteiger partial charge in [0.1, 0.15) is 0 Å². The molecule has 222 valence electrons. The Morgan fingerprint density at radius 3 is 2.31 bits per heavy atom. The summed E-state index contributed by atoms with van der Waals surface area (Å²) in [7, 11) is 0. The van der Waals surface area contributed by atoms with Crippen molar-refractivity contribution in [3.8, 4) is 0 Å². The molecule has 9 heteroatoms. The number of benzene rings is 2. The fourth-order valence-electron chi connectivity index (χ4n) is 5.64. The summed E-state index contributed by atoms with van der Waals surface area (Å²) < 4.78 is 0. The van der Waals surface area contributed by atoms with Crippen LogP contribution in [0.4, 0.5) is 17.1 Å². The molecule has 2 aromatic carbocycles. The maximum Gasteiger partial charge on any atom is 0.256 e. The number of aryl methyl sites for hydroxylation is 1. The van der Waals surface area contributed by atoms with Gasteiger partial charge in [0.2, 0.25) is 5.91 Å². The molecule has 3 heterocycles. The van der Waals surface area contributed by atoms with Gasteiger partial charge in [0.05, 0.1) is 16.9 Å². The molecular formula is C33H41N5O3S. The van der Waals surface area contributed by atoms with E-state index < -0.39 is 0 Å². The third-order valence-corrected chi connectivity index (χ3v) is 9.33. The number of nitrogens with zero attached hydrogens (tertiary/aromatic N) is 3. The molecule has 3 amide bonds. The van der Waals surface area contributed by atoms with E-state index in [1.54, 1.807) is 17.4 Å². The van der Waals surface area contributed by atoms with Crippen LogP contribution < -0.4 is 20.4 Å². The van der Waals surface area contributed by atoms with Crippen LogP contribution in [-0.4, -0.2) is 68.4 Å². The van der Waals surface area contributed by atoms with Gasteiger partial charge in [-0.1, -0.05) is 32.0 Å². The molecule has 2 N–H and O–H groups in total. The molecule has 5 rings (SSSR count). The van der Waals surface area contributed by atoms with Crippen molar-refractivity contribution in [1.82, 2.24) is 10.2 Å². The zero-order valence-electron chi connectivity index (χ0n) is 24.8. The molecule has 0 aliphatic carbocycles. The maximum atomic E-state index is 13.3. The van der Waals surface area contributed by atoms with E-state index in [4.69, 9.17) is 0 Å². The highest BCUT2D eigenvalue weighted by Crippen LogP contribution is 2.31. The number of likely N-dealkylation sites (tertiary alicyclic amines) is 1. The number of amides is 3. The van der Waals surface area contributed by atoms with Crippen LogP contribution in [0.2, 0.25) is 0 Å². The molecule has 2 aliphatic rings. The second-order valence-corrected chi connectivity index (χ2v) is 12.4. The summed E-state index contributed by atoms with van der Waals surface area (Å²) in [5.41, 5.74) is 5.19. The number of para-hydroxylation sites is 1. The van der Waals surface area contributed by atoms with E-state index in [2.05, 4.69) is 65.5 Å². The van der Waals surface area contributed by atoms with E-state index in [1.807, 2.05) is 28.5 Å². The molecule has 2 saturated heterocycles. The van der Waals surface area contributed by atoms with Gasteiger partial charge in [-0.25, -0.2) is 0 Å². The highest BCUT2D eigenvalue weighted by Gasteiger charge is 2.23. The van der Waals surface area contributed by atoms with Gasteiger partial charge in [-0.05, 0) is 61.6 Å². The zero-order chi connectivity index (χ0) is 29.6. The molecule has 0 unspecified atom stereocenters. The normalized spacial score (nSPS) is 15.4. The van der Waals surface area contributed by atoms with Crippen LogP contribution >= 0.6 is 11.3 Å². The first-order chi connectivity index (χ1) is 20.3. The van der Waals surface area contributed by atoms with Crippen molar-refractivity contribution in [3.63, 3.8) is 0 Å². The van der Waals surface area contributed by atoms with Gasteiger partial charge in [0.25, 0.3) is 11.8 Å². The number of carbonyl (C=O) groups is 3. The quantitative estimate of drug-likeness (QED) is 0.306. The van der Waals surface area contributed by atoms with E-state index in [9.17, 15) is 14.4 Å². The molecule has 2 fully saturated rings. The lowest BCUT2D eigenvalue weighted by atomic mass is 10.1. The van der Waals surface area contributed by atoms with Crippen LogP contribution in [0.25, 0.3) is 0 Å². The Morgan fingerprint density at radius 1 is 0.905 bits per heavy atom. The van der Waals surface area contributed by atoms with Crippen LogP contribution in [0.15, 0.2) is 53.9 Å². The van der Waals surface area contributed by atoms with E-state index in [1.165, 1.54) is 11.3 Å². The van der Waals surface area contributed by atoms with Crippen LogP contribution in [0, 0.1) is 6.92 Å². The van der Waals surface area contributed by atoms with E-state index in [0.717, 1.165) is 49.7 Å². The summed E-state index contributed by atoms with van der Waals surface area (Å²) in [6.07, 6.45) is 2.25. The first-order valence-electron chi connectivity index (χ1n) is 15.0. The number of nitrogens with one attached hydrogen (secondary N) is 2. The SMILES string of the molecule is Cc1ccccc1N1CCN(c2ccc(C(=O)NCCCN3CCCC3=O)cc2NC(=O)c2csc(C(C)C)c2)CC1. The molecule has 3 aromatic rings. The Bertz CT molecular complexity index is 1430. The van der Waals surface area contributed by atoms with Gasteiger partial charge in [-0.2, -0.15) is 0 Å². The monoisotopic (exact) mass is 587 g/mol. The van der Waals surface area contributed by atoms with Crippen molar-refractivity contribution in [2.75, 3.05) is 60.9 Å². The largest absolute Gasteiger partial charge is 0.368 e. The van der Waals surface area contributed by atoms with E-state index >= 15 is 0 Å². The Labute approximate surface area is 252 Å². The average molecular weight is 588 g/mol. The third-order valence-electron chi connectivity index (χ3n) is 8.10. The number of hydrogen-bond donors (Lipinski definition) is 2. The van der Waals surface area contributed by atoms with Crippen LogP contribution in [0.1, 0.15) is 70.2 Å². The average Bonchev–Trinajstić information content (AvgIpc) is 3.65. The van der Waals surface area contributed by atoms with Crippen LogP contribution in [-0.2, 0) is 4.79 Å². The molecule has 0 atom stereocenters. The van der Waals surface area contributed by atoms with Crippen molar-refractivity contribution in [3.05, 3.63) is 75.5 Å². The first kappa shape index (κ1) is 29.6. The van der Waals surface area contributed by atoms with Crippen molar-refractivity contribution in [2.45, 2.75) is 46.0 Å². The van der Waals surface area contributed by atoms with E-state index in [-0.39, 0.29) is 17.7 Å². The number of rotatable bonds is 10. The maximum absolute atomic E-state index is 13.3. The molecule has 1 aromatic heterocycles. The molecule has 0 bridgehead atoms. The first-order valence-corrected chi connectivity index (χ1v) is 15.8. The van der Waals surface area contributed by atoms with Crippen molar-refractivity contribution >= 4 is 46.1 Å². The zero-order valence-corrected chi connectivity index (χ0v) is 25.6. The number of thiophene rings is 1. The fraction of sp³-hybridized carbons (Fsp3) is 0.424. The molecule has 42 heavy (non-hydrogen) atoms. The summed E-state index contributed by atoms with van der Waals surface area (Å²) in [5, 5.41) is 8.00.